The SMILES string of the molecule is CN(CC(=O)O)C(=O)Cc1ccc(F)cc1F. The molecule has 0 atom stereocenters. The molecule has 1 aromatic carbocycles. The Morgan fingerprint density at radius 3 is 2.53 bits per heavy atom. The highest BCUT2D eigenvalue weighted by Gasteiger charge is 2.15. The predicted octanol–water partition coefficient (Wildman–Crippen LogP) is 1.05. The van der Waals surface area contributed by atoms with E-state index in [1.807, 2.05) is 0 Å². The summed E-state index contributed by atoms with van der Waals surface area (Å²) in [4.78, 5) is 22.8. The van der Waals surface area contributed by atoms with Crippen LogP contribution < -0.4 is 0 Å². The van der Waals surface area contributed by atoms with Crippen LogP contribution in [0.1, 0.15) is 5.56 Å². The van der Waals surface area contributed by atoms with Gasteiger partial charge in [0.25, 0.3) is 0 Å². The molecule has 0 unspecified atom stereocenters. The number of amides is 1. The van der Waals surface area contributed by atoms with Crippen LogP contribution in [0.4, 0.5) is 8.78 Å². The molecule has 0 saturated carbocycles. The van der Waals surface area contributed by atoms with Gasteiger partial charge in [0.2, 0.25) is 5.91 Å². The summed E-state index contributed by atoms with van der Waals surface area (Å²) in [5, 5.41) is 8.47. The summed E-state index contributed by atoms with van der Waals surface area (Å²) >= 11 is 0. The second-order valence-corrected chi connectivity index (χ2v) is 3.56. The number of hydrogen-bond acceptors (Lipinski definition) is 2. The number of halogens is 2. The summed E-state index contributed by atoms with van der Waals surface area (Å²) in [5.41, 5.74) is 0.0358. The maximum Gasteiger partial charge on any atom is 0.323 e. The van der Waals surface area contributed by atoms with E-state index in [2.05, 4.69) is 0 Å². The van der Waals surface area contributed by atoms with E-state index in [4.69, 9.17) is 5.11 Å². The highest BCUT2D eigenvalue weighted by molar-refractivity contribution is 5.82. The van der Waals surface area contributed by atoms with Gasteiger partial charge in [0.05, 0.1) is 6.42 Å². The Morgan fingerprint density at radius 2 is 2.00 bits per heavy atom. The average molecular weight is 243 g/mol. The van der Waals surface area contributed by atoms with Crippen molar-refractivity contribution in [3.63, 3.8) is 0 Å². The third-order valence-electron chi connectivity index (χ3n) is 2.15. The van der Waals surface area contributed by atoms with Crippen LogP contribution in [-0.2, 0) is 16.0 Å². The van der Waals surface area contributed by atoms with Crippen molar-refractivity contribution in [1.29, 1.82) is 0 Å². The first-order chi connectivity index (χ1) is 7.90. The highest BCUT2D eigenvalue weighted by atomic mass is 19.1. The zero-order valence-electron chi connectivity index (χ0n) is 9.11. The molecule has 1 aromatic rings. The first kappa shape index (κ1) is 13.1. The summed E-state index contributed by atoms with van der Waals surface area (Å²) in [6, 6.07) is 2.89. The van der Waals surface area contributed by atoms with Crippen molar-refractivity contribution in [2.45, 2.75) is 6.42 Å². The fraction of sp³-hybridized carbons (Fsp3) is 0.273. The molecule has 1 amide bonds. The fourth-order valence-corrected chi connectivity index (χ4v) is 1.25. The smallest absolute Gasteiger partial charge is 0.323 e. The van der Waals surface area contributed by atoms with Gasteiger partial charge in [0.1, 0.15) is 18.2 Å². The van der Waals surface area contributed by atoms with Gasteiger partial charge in [-0.25, -0.2) is 8.78 Å². The first-order valence-corrected chi connectivity index (χ1v) is 4.80. The fourth-order valence-electron chi connectivity index (χ4n) is 1.25. The number of carboxylic acid groups (broad SMARTS) is 1. The molecule has 1 N–H and O–H groups in total. The van der Waals surface area contributed by atoms with E-state index in [1.54, 1.807) is 0 Å². The maximum atomic E-state index is 13.2. The molecule has 0 saturated heterocycles. The molecule has 0 spiro atoms. The number of carboxylic acids is 1. The van der Waals surface area contributed by atoms with E-state index in [-0.39, 0.29) is 12.0 Å². The Kier molecular flexibility index (Phi) is 4.14. The minimum atomic E-state index is -1.15. The Labute approximate surface area is 96.5 Å². The number of carbonyl (C=O) groups is 2. The molecule has 0 radical (unpaired) electrons. The van der Waals surface area contributed by atoms with Crippen LogP contribution in [0.3, 0.4) is 0 Å². The third kappa shape index (κ3) is 3.82. The van der Waals surface area contributed by atoms with Crippen LogP contribution in [-0.4, -0.2) is 35.5 Å². The zero-order chi connectivity index (χ0) is 13.0. The lowest BCUT2D eigenvalue weighted by molar-refractivity contribution is -0.143. The van der Waals surface area contributed by atoms with Gasteiger partial charge in [-0.2, -0.15) is 0 Å². The summed E-state index contributed by atoms with van der Waals surface area (Å²) in [5.74, 6) is -3.24. The lowest BCUT2D eigenvalue weighted by atomic mass is 10.1. The lowest BCUT2D eigenvalue weighted by Crippen LogP contribution is -2.33. The molecule has 0 aliphatic carbocycles. The number of carbonyl (C=O) groups excluding carboxylic acids is 1. The Balaban J connectivity index is 2.71. The summed E-state index contributed by atoms with van der Waals surface area (Å²) < 4.78 is 25.8. The molecule has 0 heterocycles. The topological polar surface area (TPSA) is 57.6 Å². The van der Waals surface area contributed by atoms with Crippen molar-refractivity contribution in [3.8, 4) is 0 Å². The number of rotatable bonds is 4. The minimum absolute atomic E-state index is 0.0358. The molecule has 92 valence electrons. The van der Waals surface area contributed by atoms with Crippen molar-refractivity contribution in [1.82, 2.24) is 4.90 Å². The molecule has 0 aliphatic heterocycles. The Morgan fingerprint density at radius 1 is 1.35 bits per heavy atom. The number of likely N-dealkylation sites (N-methyl/N-ethyl adjacent to an activating group) is 1. The number of aliphatic carboxylic acids is 1. The largest absolute Gasteiger partial charge is 0.480 e. The second-order valence-electron chi connectivity index (χ2n) is 3.56. The Bertz CT molecular complexity index is 448. The average Bonchev–Trinajstić information content (AvgIpc) is 2.21. The van der Waals surface area contributed by atoms with Crippen molar-refractivity contribution in [2.75, 3.05) is 13.6 Å². The second kappa shape index (κ2) is 5.38. The molecule has 0 aliphatic rings. The van der Waals surface area contributed by atoms with Gasteiger partial charge >= 0.3 is 5.97 Å². The van der Waals surface area contributed by atoms with E-state index in [0.29, 0.717) is 6.07 Å². The summed E-state index contributed by atoms with van der Waals surface area (Å²) in [6.45, 7) is -0.457. The molecule has 0 bridgehead atoms. The van der Waals surface area contributed by atoms with Crippen LogP contribution in [0.25, 0.3) is 0 Å². The van der Waals surface area contributed by atoms with Gasteiger partial charge in [0.15, 0.2) is 0 Å². The number of hydrogen-bond donors (Lipinski definition) is 1. The molecule has 4 nitrogen and oxygen atoms in total. The summed E-state index contributed by atoms with van der Waals surface area (Å²) in [7, 11) is 1.30. The van der Waals surface area contributed by atoms with Gasteiger partial charge in [-0.05, 0) is 11.6 Å². The Hall–Kier alpha value is -1.98. The first-order valence-electron chi connectivity index (χ1n) is 4.80. The monoisotopic (exact) mass is 243 g/mol. The van der Waals surface area contributed by atoms with Crippen molar-refractivity contribution in [2.24, 2.45) is 0 Å². The van der Waals surface area contributed by atoms with Crippen molar-refractivity contribution >= 4 is 11.9 Å². The molecule has 1 rings (SSSR count). The van der Waals surface area contributed by atoms with Gasteiger partial charge in [0, 0.05) is 13.1 Å². The standard InChI is InChI=1S/C11H11F2NO3/c1-14(6-11(16)17)10(15)4-7-2-3-8(12)5-9(7)13/h2-3,5H,4,6H2,1H3,(H,16,17). The quantitative estimate of drug-likeness (QED) is 0.859. The van der Waals surface area contributed by atoms with Crippen molar-refractivity contribution < 1.29 is 23.5 Å². The molecule has 17 heavy (non-hydrogen) atoms. The molecular formula is C11H11F2NO3. The van der Waals surface area contributed by atoms with Gasteiger partial charge in [-0.3, -0.25) is 9.59 Å². The van der Waals surface area contributed by atoms with E-state index < -0.39 is 30.1 Å². The summed E-state index contributed by atoms with van der Waals surface area (Å²) in [6.07, 6.45) is -0.296. The molecular weight excluding hydrogens is 232 g/mol. The van der Waals surface area contributed by atoms with Crippen LogP contribution in [0.15, 0.2) is 18.2 Å². The van der Waals surface area contributed by atoms with E-state index >= 15 is 0 Å². The van der Waals surface area contributed by atoms with Gasteiger partial charge in [-0.1, -0.05) is 6.07 Å². The van der Waals surface area contributed by atoms with E-state index in [0.717, 1.165) is 17.0 Å². The van der Waals surface area contributed by atoms with E-state index in [9.17, 15) is 18.4 Å². The normalized spacial score (nSPS) is 10.1. The highest BCUT2D eigenvalue weighted by Crippen LogP contribution is 2.11. The molecule has 0 fully saturated rings. The lowest BCUT2D eigenvalue weighted by Gasteiger charge is -2.14. The maximum absolute atomic E-state index is 13.2. The van der Waals surface area contributed by atoms with Gasteiger partial charge in [-0.15, -0.1) is 0 Å². The molecule has 6 heteroatoms. The predicted molar refractivity (Wildman–Crippen MR) is 55.3 cm³/mol. The zero-order valence-corrected chi connectivity index (χ0v) is 9.11. The van der Waals surface area contributed by atoms with Crippen LogP contribution in [0.5, 0.6) is 0 Å². The van der Waals surface area contributed by atoms with Crippen LogP contribution in [0.2, 0.25) is 0 Å². The molecule has 0 aromatic heterocycles. The van der Waals surface area contributed by atoms with Crippen LogP contribution >= 0.6 is 0 Å². The van der Waals surface area contributed by atoms with E-state index in [1.165, 1.54) is 7.05 Å². The van der Waals surface area contributed by atoms with Crippen molar-refractivity contribution in [3.05, 3.63) is 35.4 Å². The van der Waals surface area contributed by atoms with Crippen LogP contribution in [0, 0.1) is 11.6 Å². The minimum Gasteiger partial charge on any atom is -0.480 e. The third-order valence-corrected chi connectivity index (χ3v) is 2.15. The van der Waals surface area contributed by atoms with Gasteiger partial charge < -0.3 is 10.0 Å². The number of nitrogens with zero attached hydrogens (tertiary/aromatic N) is 1. The number of benzene rings is 1.